The van der Waals surface area contributed by atoms with Gasteiger partial charge in [-0.05, 0) is 42.7 Å². The molecule has 0 aliphatic carbocycles. The highest BCUT2D eigenvalue weighted by atomic mass is 16.5. The Morgan fingerprint density at radius 3 is 2.54 bits per heavy atom. The zero-order valence-electron chi connectivity index (χ0n) is 16.7. The fraction of sp³-hybridized carbons (Fsp3) is 0.364. The Kier molecular flexibility index (Phi) is 8.34. The van der Waals surface area contributed by atoms with Gasteiger partial charge in [0, 0.05) is 29.5 Å². The number of hydrogen-bond acceptors (Lipinski definition) is 4. The first kappa shape index (κ1) is 21.3. The summed E-state index contributed by atoms with van der Waals surface area (Å²) in [7, 11) is 0. The second kappa shape index (κ2) is 11.0. The molecule has 6 nitrogen and oxygen atoms in total. The van der Waals surface area contributed by atoms with Gasteiger partial charge in [-0.1, -0.05) is 32.9 Å². The first-order valence-corrected chi connectivity index (χ1v) is 9.62. The van der Waals surface area contributed by atoms with Crippen LogP contribution in [0.2, 0.25) is 0 Å². The van der Waals surface area contributed by atoms with Crippen LogP contribution in [-0.4, -0.2) is 31.5 Å². The van der Waals surface area contributed by atoms with Crippen molar-refractivity contribution in [1.29, 1.82) is 0 Å². The molecule has 6 heteroatoms. The average Bonchev–Trinajstić information content (AvgIpc) is 2.69. The lowest BCUT2D eigenvalue weighted by Gasteiger charge is -2.12. The molecule has 2 amide bonds. The van der Waals surface area contributed by atoms with Crippen molar-refractivity contribution < 1.29 is 14.3 Å². The lowest BCUT2D eigenvalue weighted by molar-refractivity contribution is -0.114. The highest BCUT2D eigenvalue weighted by molar-refractivity contribution is 5.96. The summed E-state index contributed by atoms with van der Waals surface area (Å²) in [5.41, 5.74) is 1.96. The number of rotatable bonds is 10. The zero-order valence-corrected chi connectivity index (χ0v) is 16.7. The van der Waals surface area contributed by atoms with Crippen molar-refractivity contribution in [1.82, 2.24) is 5.32 Å². The van der Waals surface area contributed by atoms with E-state index >= 15 is 0 Å². The first-order valence-electron chi connectivity index (χ1n) is 9.62. The normalized spacial score (nSPS) is 10.4. The van der Waals surface area contributed by atoms with Gasteiger partial charge in [-0.3, -0.25) is 9.59 Å². The fourth-order valence-corrected chi connectivity index (χ4v) is 2.43. The van der Waals surface area contributed by atoms with Crippen molar-refractivity contribution in [3.8, 4) is 5.75 Å². The van der Waals surface area contributed by atoms with E-state index in [1.165, 1.54) is 0 Å². The monoisotopic (exact) mass is 383 g/mol. The summed E-state index contributed by atoms with van der Waals surface area (Å²) < 4.78 is 5.68. The minimum absolute atomic E-state index is 0.0944. The number of benzene rings is 2. The number of carbonyl (C=O) groups is 2. The number of nitrogens with one attached hydrogen (secondary N) is 3. The molecule has 0 radical (unpaired) electrons. The molecule has 0 spiro atoms. The van der Waals surface area contributed by atoms with Crippen LogP contribution >= 0.6 is 0 Å². The maximum atomic E-state index is 12.2. The highest BCUT2D eigenvalue weighted by Gasteiger charge is 2.07. The molecular weight excluding hydrogens is 354 g/mol. The Morgan fingerprint density at radius 1 is 1.04 bits per heavy atom. The van der Waals surface area contributed by atoms with Crippen LogP contribution in [0.25, 0.3) is 0 Å². The van der Waals surface area contributed by atoms with Crippen LogP contribution in [0.15, 0.2) is 48.5 Å². The number of hydrogen-bond donors (Lipinski definition) is 3. The second-order valence-corrected chi connectivity index (χ2v) is 6.97. The van der Waals surface area contributed by atoms with Crippen molar-refractivity contribution in [3.05, 3.63) is 54.1 Å². The predicted octanol–water partition coefficient (Wildman–Crippen LogP) is 3.91. The van der Waals surface area contributed by atoms with Gasteiger partial charge in [0.15, 0.2) is 0 Å². The van der Waals surface area contributed by atoms with Gasteiger partial charge in [-0.2, -0.15) is 0 Å². The molecule has 150 valence electrons. The number of amides is 2. The largest absolute Gasteiger partial charge is 0.493 e. The minimum Gasteiger partial charge on any atom is -0.493 e. The second-order valence-electron chi connectivity index (χ2n) is 6.97. The van der Waals surface area contributed by atoms with Crippen molar-refractivity contribution in [3.63, 3.8) is 0 Å². The van der Waals surface area contributed by atoms with E-state index in [9.17, 15) is 9.59 Å². The number of anilines is 2. The Hall–Kier alpha value is -3.02. The third-order valence-corrected chi connectivity index (χ3v) is 3.81. The van der Waals surface area contributed by atoms with E-state index in [4.69, 9.17) is 4.74 Å². The molecule has 3 N–H and O–H groups in total. The lowest BCUT2D eigenvalue weighted by atomic mass is 10.2. The van der Waals surface area contributed by atoms with Crippen molar-refractivity contribution in [2.75, 3.05) is 30.3 Å². The SMILES string of the molecule is CCCNC(=O)c1cccc(NCC(=O)Nc2cccc(OCC(C)C)c2)c1. The third-order valence-electron chi connectivity index (χ3n) is 3.81. The molecule has 2 aromatic carbocycles. The molecule has 0 aliphatic heterocycles. The van der Waals surface area contributed by atoms with Gasteiger partial charge < -0.3 is 20.7 Å². The van der Waals surface area contributed by atoms with Crippen molar-refractivity contribution >= 4 is 23.2 Å². The molecule has 2 rings (SSSR count). The van der Waals surface area contributed by atoms with Gasteiger partial charge in [-0.15, -0.1) is 0 Å². The maximum absolute atomic E-state index is 12.2. The molecule has 0 saturated carbocycles. The summed E-state index contributed by atoms with van der Waals surface area (Å²) >= 11 is 0. The summed E-state index contributed by atoms with van der Waals surface area (Å²) in [6.45, 7) is 7.53. The molecule has 0 bridgehead atoms. The molecule has 0 aliphatic rings. The van der Waals surface area contributed by atoms with E-state index in [0.717, 1.165) is 12.2 Å². The van der Waals surface area contributed by atoms with E-state index in [2.05, 4.69) is 29.8 Å². The smallest absolute Gasteiger partial charge is 0.251 e. The minimum atomic E-state index is -0.179. The molecule has 0 fully saturated rings. The molecule has 0 atom stereocenters. The predicted molar refractivity (Wildman–Crippen MR) is 113 cm³/mol. The summed E-state index contributed by atoms with van der Waals surface area (Å²) in [6.07, 6.45) is 0.883. The van der Waals surface area contributed by atoms with Crippen LogP contribution in [0.4, 0.5) is 11.4 Å². The molecular formula is C22H29N3O3. The van der Waals surface area contributed by atoms with Crippen LogP contribution in [0.3, 0.4) is 0 Å². The maximum Gasteiger partial charge on any atom is 0.251 e. The zero-order chi connectivity index (χ0) is 20.4. The number of ether oxygens (including phenoxy) is 1. The van der Waals surface area contributed by atoms with Gasteiger partial charge in [0.25, 0.3) is 5.91 Å². The summed E-state index contributed by atoms with van der Waals surface area (Å²) in [6, 6.07) is 14.4. The molecule has 0 heterocycles. The van der Waals surface area contributed by atoms with E-state index in [0.29, 0.717) is 36.0 Å². The van der Waals surface area contributed by atoms with Gasteiger partial charge in [-0.25, -0.2) is 0 Å². The van der Waals surface area contributed by atoms with E-state index < -0.39 is 0 Å². The molecule has 0 aromatic heterocycles. The summed E-state index contributed by atoms with van der Waals surface area (Å²) in [5.74, 6) is 0.863. The van der Waals surface area contributed by atoms with Crippen LogP contribution in [0.1, 0.15) is 37.6 Å². The lowest BCUT2D eigenvalue weighted by Crippen LogP contribution is -2.24. The van der Waals surface area contributed by atoms with Crippen molar-refractivity contribution in [2.45, 2.75) is 27.2 Å². The Labute approximate surface area is 166 Å². The molecule has 2 aromatic rings. The summed E-state index contributed by atoms with van der Waals surface area (Å²) in [5, 5.41) is 8.73. The van der Waals surface area contributed by atoms with Gasteiger partial charge in [0.05, 0.1) is 13.2 Å². The third kappa shape index (κ3) is 7.31. The van der Waals surface area contributed by atoms with Crippen molar-refractivity contribution in [2.24, 2.45) is 5.92 Å². The molecule has 0 saturated heterocycles. The van der Waals surface area contributed by atoms with Crippen LogP contribution in [0, 0.1) is 5.92 Å². The molecule has 28 heavy (non-hydrogen) atoms. The first-order chi connectivity index (χ1) is 13.5. The summed E-state index contributed by atoms with van der Waals surface area (Å²) in [4.78, 5) is 24.3. The van der Waals surface area contributed by atoms with E-state index in [1.54, 1.807) is 24.3 Å². The fourth-order valence-electron chi connectivity index (χ4n) is 2.43. The standard InChI is InChI=1S/C22H29N3O3/c1-4-11-23-22(27)17-7-5-8-18(12-17)24-14-21(26)25-19-9-6-10-20(13-19)28-15-16(2)3/h5-10,12-13,16,24H,4,11,14-15H2,1-3H3,(H,23,27)(H,25,26). The molecule has 0 unspecified atom stereocenters. The Morgan fingerprint density at radius 2 is 1.79 bits per heavy atom. The average molecular weight is 383 g/mol. The Bertz CT molecular complexity index is 790. The van der Waals surface area contributed by atoms with E-state index in [1.807, 2.05) is 31.2 Å². The topological polar surface area (TPSA) is 79.5 Å². The van der Waals surface area contributed by atoms with Crippen LogP contribution < -0.4 is 20.7 Å². The Balaban J connectivity index is 1.87. The highest BCUT2D eigenvalue weighted by Crippen LogP contribution is 2.18. The van der Waals surface area contributed by atoms with Gasteiger partial charge >= 0.3 is 0 Å². The van der Waals surface area contributed by atoms with Gasteiger partial charge in [0.2, 0.25) is 5.91 Å². The van der Waals surface area contributed by atoms with Crippen LogP contribution in [-0.2, 0) is 4.79 Å². The van der Waals surface area contributed by atoms with E-state index in [-0.39, 0.29) is 18.4 Å². The quantitative estimate of drug-likeness (QED) is 0.581. The number of carbonyl (C=O) groups excluding carboxylic acids is 2. The van der Waals surface area contributed by atoms with Crippen LogP contribution in [0.5, 0.6) is 5.75 Å². The van der Waals surface area contributed by atoms with Gasteiger partial charge in [0.1, 0.15) is 5.75 Å².